The summed E-state index contributed by atoms with van der Waals surface area (Å²) in [6.45, 7) is -0.228. The van der Waals surface area contributed by atoms with Crippen LogP contribution >= 0.6 is 12.2 Å². The minimum Gasteiger partial charge on any atom is -0.493 e. The molecule has 0 fully saturated rings. The zero-order valence-corrected chi connectivity index (χ0v) is 15.3. The molecule has 0 radical (unpaired) electrons. The van der Waals surface area contributed by atoms with Crippen molar-refractivity contribution in [3.8, 4) is 22.9 Å². The van der Waals surface area contributed by atoms with Gasteiger partial charge in [-0.3, -0.25) is 4.79 Å². The summed E-state index contributed by atoms with van der Waals surface area (Å²) in [5.74, 6) is 0.910. The Hall–Kier alpha value is -3.46. The normalized spacial score (nSPS) is 10.9. The summed E-state index contributed by atoms with van der Waals surface area (Å²) in [6.07, 6.45) is 1.62. The van der Waals surface area contributed by atoms with Crippen LogP contribution in [-0.2, 0) is 4.79 Å². The summed E-state index contributed by atoms with van der Waals surface area (Å²) in [7, 11) is 1.51. The van der Waals surface area contributed by atoms with E-state index >= 15 is 0 Å². The number of carbonyl (C=O) groups is 1. The topological polar surface area (TPSA) is 108 Å². The Bertz CT molecular complexity index is 1030. The van der Waals surface area contributed by atoms with Crippen LogP contribution in [-0.4, -0.2) is 40.7 Å². The number of aromatic nitrogens is 3. The van der Waals surface area contributed by atoms with E-state index in [-0.39, 0.29) is 6.61 Å². The quantitative estimate of drug-likeness (QED) is 0.481. The number of amides is 1. The second-order valence-corrected chi connectivity index (χ2v) is 5.83. The van der Waals surface area contributed by atoms with E-state index in [1.165, 1.54) is 11.8 Å². The van der Waals surface area contributed by atoms with E-state index in [0.717, 1.165) is 11.1 Å². The highest BCUT2D eigenvalue weighted by Gasteiger charge is 2.09. The van der Waals surface area contributed by atoms with Gasteiger partial charge < -0.3 is 15.2 Å². The van der Waals surface area contributed by atoms with Crippen molar-refractivity contribution in [3.05, 3.63) is 58.9 Å². The first-order chi connectivity index (χ1) is 13.1. The molecule has 3 aromatic rings. The lowest BCUT2D eigenvalue weighted by Crippen LogP contribution is -2.20. The summed E-state index contributed by atoms with van der Waals surface area (Å²) < 4.78 is 12.5. The third-order valence-electron chi connectivity index (χ3n) is 3.56. The number of nitrogens with one attached hydrogen (secondary N) is 1. The van der Waals surface area contributed by atoms with E-state index in [1.54, 1.807) is 24.4 Å². The molecule has 8 nitrogen and oxygen atoms in total. The van der Waals surface area contributed by atoms with Crippen LogP contribution in [0.3, 0.4) is 0 Å². The SMILES string of the molecule is COc1cc(/C=N/n2c(-c3ccccc3)n[nH]c2=S)ccc1OCC(N)=O. The minimum absolute atomic E-state index is 0.228. The number of H-pyrrole nitrogens is 1. The molecule has 27 heavy (non-hydrogen) atoms. The zero-order valence-electron chi connectivity index (χ0n) is 14.5. The fourth-order valence-electron chi connectivity index (χ4n) is 2.33. The van der Waals surface area contributed by atoms with E-state index < -0.39 is 5.91 Å². The molecule has 1 aromatic heterocycles. The predicted octanol–water partition coefficient (Wildman–Crippen LogP) is 2.36. The zero-order chi connectivity index (χ0) is 19.2. The summed E-state index contributed by atoms with van der Waals surface area (Å²) in [4.78, 5) is 10.9. The largest absolute Gasteiger partial charge is 0.493 e. The van der Waals surface area contributed by atoms with Crippen molar-refractivity contribution in [3.63, 3.8) is 0 Å². The Morgan fingerprint density at radius 2 is 2.07 bits per heavy atom. The molecule has 2 aromatic carbocycles. The molecule has 1 amide bonds. The van der Waals surface area contributed by atoms with E-state index in [1.807, 2.05) is 30.3 Å². The number of carbonyl (C=O) groups excluding carboxylic acids is 1. The monoisotopic (exact) mass is 383 g/mol. The van der Waals surface area contributed by atoms with Crippen molar-refractivity contribution in [2.24, 2.45) is 10.8 Å². The first kappa shape index (κ1) is 18.3. The molecule has 0 aliphatic rings. The van der Waals surface area contributed by atoms with Crippen molar-refractivity contribution >= 4 is 24.3 Å². The van der Waals surface area contributed by atoms with Gasteiger partial charge in [0.25, 0.3) is 5.91 Å². The third-order valence-corrected chi connectivity index (χ3v) is 3.83. The summed E-state index contributed by atoms with van der Waals surface area (Å²) in [5, 5.41) is 11.4. The molecule has 0 saturated carbocycles. The van der Waals surface area contributed by atoms with Gasteiger partial charge in [0.1, 0.15) is 0 Å². The highest BCUT2D eigenvalue weighted by Crippen LogP contribution is 2.27. The van der Waals surface area contributed by atoms with Gasteiger partial charge in [-0.05, 0) is 36.0 Å². The van der Waals surface area contributed by atoms with Crippen LogP contribution in [0.4, 0.5) is 0 Å². The Labute approximate surface area is 160 Å². The van der Waals surface area contributed by atoms with Crippen LogP contribution in [0.2, 0.25) is 0 Å². The fourth-order valence-corrected chi connectivity index (χ4v) is 2.51. The number of aromatic amines is 1. The lowest BCUT2D eigenvalue weighted by molar-refractivity contribution is -0.119. The molecule has 9 heteroatoms. The second-order valence-electron chi connectivity index (χ2n) is 5.44. The molecule has 0 aliphatic heterocycles. The van der Waals surface area contributed by atoms with E-state index in [2.05, 4.69) is 15.3 Å². The van der Waals surface area contributed by atoms with Crippen molar-refractivity contribution in [1.82, 2.24) is 14.9 Å². The Morgan fingerprint density at radius 1 is 1.30 bits per heavy atom. The number of methoxy groups -OCH3 is 1. The smallest absolute Gasteiger partial charge is 0.255 e. The third kappa shape index (κ3) is 4.39. The fraction of sp³-hybridized carbons (Fsp3) is 0.111. The van der Waals surface area contributed by atoms with Gasteiger partial charge in [0, 0.05) is 5.56 Å². The molecule has 3 rings (SSSR count). The molecular weight excluding hydrogens is 366 g/mol. The molecule has 0 saturated heterocycles. The maximum absolute atomic E-state index is 10.9. The number of hydrogen-bond acceptors (Lipinski definition) is 6. The lowest BCUT2D eigenvalue weighted by Gasteiger charge is -2.09. The molecule has 0 aliphatic carbocycles. The van der Waals surface area contributed by atoms with Gasteiger partial charge in [-0.1, -0.05) is 30.3 Å². The second kappa shape index (κ2) is 8.28. The van der Waals surface area contributed by atoms with Crippen LogP contribution in [0.5, 0.6) is 11.5 Å². The molecule has 1 heterocycles. The van der Waals surface area contributed by atoms with Gasteiger partial charge in [0.15, 0.2) is 23.9 Å². The van der Waals surface area contributed by atoms with Gasteiger partial charge in [-0.15, -0.1) is 0 Å². The van der Waals surface area contributed by atoms with Crippen molar-refractivity contribution in [2.45, 2.75) is 0 Å². The van der Waals surface area contributed by atoms with Crippen molar-refractivity contribution in [1.29, 1.82) is 0 Å². The Morgan fingerprint density at radius 3 is 2.78 bits per heavy atom. The van der Waals surface area contributed by atoms with Crippen LogP contribution in [0, 0.1) is 4.77 Å². The summed E-state index contributed by atoms with van der Waals surface area (Å²) in [5.41, 5.74) is 6.73. The molecule has 0 atom stereocenters. The van der Waals surface area contributed by atoms with Crippen molar-refractivity contribution in [2.75, 3.05) is 13.7 Å². The van der Waals surface area contributed by atoms with E-state index in [4.69, 9.17) is 27.4 Å². The number of ether oxygens (including phenoxy) is 2. The van der Waals surface area contributed by atoms with Crippen molar-refractivity contribution < 1.29 is 14.3 Å². The van der Waals surface area contributed by atoms with Crippen LogP contribution in [0.1, 0.15) is 5.56 Å². The number of rotatable bonds is 7. The van der Waals surface area contributed by atoms with Gasteiger partial charge in [0.05, 0.1) is 13.3 Å². The Balaban J connectivity index is 1.88. The van der Waals surface area contributed by atoms with Gasteiger partial charge in [0.2, 0.25) is 4.77 Å². The molecule has 0 spiro atoms. The first-order valence-corrected chi connectivity index (χ1v) is 8.35. The average Bonchev–Trinajstić information content (AvgIpc) is 3.06. The minimum atomic E-state index is -0.564. The van der Waals surface area contributed by atoms with Gasteiger partial charge in [-0.25, -0.2) is 5.10 Å². The summed E-state index contributed by atoms with van der Waals surface area (Å²) in [6, 6.07) is 14.8. The molecule has 3 N–H and O–H groups in total. The van der Waals surface area contributed by atoms with Gasteiger partial charge >= 0.3 is 0 Å². The number of hydrogen-bond donors (Lipinski definition) is 2. The first-order valence-electron chi connectivity index (χ1n) is 7.95. The number of benzene rings is 2. The van der Waals surface area contributed by atoms with E-state index in [0.29, 0.717) is 22.1 Å². The molecule has 138 valence electrons. The van der Waals surface area contributed by atoms with Crippen LogP contribution < -0.4 is 15.2 Å². The Kier molecular flexibility index (Phi) is 5.62. The van der Waals surface area contributed by atoms with Gasteiger partial charge in [-0.2, -0.15) is 14.9 Å². The maximum atomic E-state index is 10.9. The van der Waals surface area contributed by atoms with Crippen LogP contribution in [0.25, 0.3) is 11.4 Å². The highest BCUT2D eigenvalue weighted by atomic mass is 32.1. The standard InChI is InChI=1S/C18H17N5O3S/c1-25-15-9-12(7-8-14(15)26-11-16(19)24)10-20-23-17(21-22-18(23)27)13-5-3-2-4-6-13/h2-10H,11H2,1H3,(H2,19,24)(H,22,27)/b20-10+. The van der Waals surface area contributed by atoms with Crippen LogP contribution in [0.15, 0.2) is 53.6 Å². The predicted molar refractivity (Wildman–Crippen MR) is 104 cm³/mol. The highest BCUT2D eigenvalue weighted by molar-refractivity contribution is 7.71. The molecule has 0 bridgehead atoms. The molecule has 0 unspecified atom stereocenters. The number of nitrogens with zero attached hydrogens (tertiary/aromatic N) is 3. The number of nitrogens with two attached hydrogens (primary N) is 1. The molecular formula is C18H17N5O3S. The summed E-state index contributed by atoms with van der Waals surface area (Å²) >= 11 is 5.26. The van der Waals surface area contributed by atoms with E-state index in [9.17, 15) is 4.79 Å². The number of primary amides is 1. The maximum Gasteiger partial charge on any atom is 0.255 e. The average molecular weight is 383 g/mol. The lowest BCUT2D eigenvalue weighted by atomic mass is 10.2.